The number of anilines is 1. The van der Waals surface area contributed by atoms with Gasteiger partial charge in [-0.05, 0) is 66.6 Å². The third-order valence-corrected chi connectivity index (χ3v) is 4.95. The number of phenols is 1. The Labute approximate surface area is 171 Å². The minimum atomic E-state index is -4.43. The lowest BCUT2D eigenvalue weighted by Gasteiger charge is -2.17. The summed E-state index contributed by atoms with van der Waals surface area (Å²) in [6, 6.07) is 14.8. The molecule has 154 valence electrons. The van der Waals surface area contributed by atoms with Gasteiger partial charge in [0.1, 0.15) is 18.1 Å². The highest BCUT2D eigenvalue weighted by Crippen LogP contribution is 2.36. The second-order valence-electron chi connectivity index (χ2n) is 7.18. The van der Waals surface area contributed by atoms with Gasteiger partial charge in [0.2, 0.25) is 0 Å². The van der Waals surface area contributed by atoms with Crippen molar-refractivity contribution in [2.45, 2.75) is 26.3 Å². The molecule has 0 saturated heterocycles. The zero-order chi connectivity index (χ0) is 21.5. The van der Waals surface area contributed by atoms with Gasteiger partial charge in [-0.3, -0.25) is 4.79 Å². The van der Waals surface area contributed by atoms with E-state index in [0.29, 0.717) is 22.6 Å². The average molecular weight is 413 g/mol. The normalized spacial score (nSPS) is 13.5. The Morgan fingerprint density at radius 2 is 1.80 bits per heavy atom. The number of hydrogen-bond acceptors (Lipinski definition) is 3. The number of ether oxygens (including phenoxy) is 1. The predicted octanol–water partition coefficient (Wildman–Crippen LogP) is 5.46. The number of aryl methyl sites for hydroxylation is 1. The van der Waals surface area contributed by atoms with Gasteiger partial charge in [-0.2, -0.15) is 13.2 Å². The number of nitrogens with zero attached hydrogens (tertiary/aromatic N) is 1. The minimum Gasteiger partial charge on any atom is -0.508 e. The van der Waals surface area contributed by atoms with Crippen LogP contribution in [0.3, 0.4) is 0 Å². The molecule has 0 aromatic heterocycles. The van der Waals surface area contributed by atoms with Gasteiger partial charge in [-0.1, -0.05) is 12.1 Å². The van der Waals surface area contributed by atoms with E-state index in [9.17, 15) is 23.1 Å². The molecule has 1 amide bonds. The number of aromatic hydroxyl groups is 1. The van der Waals surface area contributed by atoms with Crippen molar-refractivity contribution in [3.63, 3.8) is 0 Å². The van der Waals surface area contributed by atoms with Crippen LogP contribution >= 0.6 is 0 Å². The summed E-state index contributed by atoms with van der Waals surface area (Å²) in [7, 11) is 0. The Hall–Kier alpha value is -3.48. The van der Waals surface area contributed by atoms with Crippen molar-refractivity contribution in [1.29, 1.82) is 0 Å². The monoisotopic (exact) mass is 413 g/mol. The summed E-state index contributed by atoms with van der Waals surface area (Å²) in [6.45, 7) is 2.28. The molecule has 0 bridgehead atoms. The molecule has 0 atom stereocenters. The van der Waals surface area contributed by atoms with Crippen molar-refractivity contribution >= 4 is 11.6 Å². The molecular weight excluding hydrogens is 395 g/mol. The van der Waals surface area contributed by atoms with E-state index in [4.69, 9.17) is 4.74 Å². The van der Waals surface area contributed by atoms with Gasteiger partial charge in [-0.15, -0.1) is 0 Å². The Bertz CT molecular complexity index is 1090. The van der Waals surface area contributed by atoms with Crippen molar-refractivity contribution in [2.75, 3.05) is 4.90 Å². The lowest BCUT2D eigenvalue weighted by atomic mass is 10.1. The van der Waals surface area contributed by atoms with Crippen LogP contribution in [-0.2, 0) is 19.3 Å². The Balaban J connectivity index is 1.56. The van der Waals surface area contributed by atoms with Crippen LogP contribution in [0.1, 0.15) is 32.6 Å². The number of benzene rings is 3. The molecule has 0 saturated carbocycles. The number of hydrogen-bond donors (Lipinski definition) is 1. The topological polar surface area (TPSA) is 49.8 Å². The van der Waals surface area contributed by atoms with Crippen LogP contribution in [0.25, 0.3) is 0 Å². The van der Waals surface area contributed by atoms with Gasteiger partial charge in [0.05, 0.1) is 12.1 Å². The molecule has 0 spiro atoms. The first-order valence-electron chi connectivity index (χ1n) is 9.26. The largest absolute Gasteiger partial charge is 0.508 e. The Morgan fingerprint density at radius 1 is 1.07 bits per heavy atom. The second kappa shape index (κ2) is 7.40. The van der Waals surface area contributed by atoms with Crippen LogP contribution in [0.15, 0.2) is 60.7 Å². The van der Waals surface area contributed by atoms with E-state index in [1.54, 1.807) is 30.3 Å². The van der Waals surface area contributed by atoms with Crippen molar-refractivity contribution in [3.8, 4) is 11.5 Å². The molecule has 0 unspecified atom stereocenters. The summed E-state index contributed by atoms with van der Waals surface area (Å²) in [4.78, 5) is 14.2. The number of amides is 1. The van der Waals surface area contributed by atoms with Crippen LogP contribution in [0.4, 0.5) is 18.9 Å². The molecule has 0 radical (unpaired) electrons. The van der Waals surface area contributed by atoms with Crippen molar-refractivity contribution in [2.24, 2.45) is 0 Å². The highest BCUT2D eigenvalue weighted by atomic mass is 19.4. The Morgan fingerprint density at radius 3 is 2.47 bits per heavy atom. The summed E-state index contributed by atoms with van der Waals surface area (Å²) in [5, 5.41) is 9.73. The number of rotatable bonds is 4. The number of fused-ring (bicyclic) bond motifs is 1. The number of carbonyl (C=O) groups is 1. The molecule has 3 aromatic carbocycles. The predicted molar refractivity (Wildman–Crippen MR) is 106 cm³/mol. The van der Waals surface area contributed by atoms with Gasteiger partial charge in [-0.25, -0.2) is 0 Å². The molecule has 0 fully saturated rings. The van der Waals surface area contributed by atoms with E-state index >= 15 is 0 Å². The van der Waals surface area contributed by atoms with E-state index in [0.717, 1.165) is 23.3 Å². The molecule has 4 rings (SSSR count). The molecule has 1 aliphatic rings. The van der Waals surface area contributed by atoms with Gasteiger partial charge in [0.15, 0.2) is 0 Å². The summed E-state index contributed by atoms with van der Waals surface area (Å²) >= 11 is 0. The lowest BCUT2D eigenvalue weighted by molar-refractivity contribution is -0.137. The van der Waals surface area contributed by atoms with Crippen LogP contribution in [-0.4, -0.2) is 11.0 Å². The summed E-state index contributed by atoms with van der Waals surface area (Å²) < 4.78 is 44.3. The van der Waals surface area contributed by atoms with Crippen molar-refractivity contribution < 1.29 is 27.8 Å². The molecule has 0 aliphatic carbocycles. The van der Waals surface area contributed by atoms with E-state index in [1.807, 2.05) is 13.0 Å². The first-order chi connectivity index (χ1) is 14.2. The highest BCUT2D eigenvalue weighted by molar-refractivity contribution is 6.10. The maximum atomic E-state index is 12.8. The fourth-order valence-electron chi connectivity index (χ4n) is 3.56. The van der Waals surface area contributed by atoms with E-state index < -0.39 is 11.7 Å². The third kappa shape index (κ3) is 3.83. The zero-order valence-electron chi connectivity index (χ0n) is 16.0. The molecular formula is C23H18F3NO3. The van der Waals surface area contributed by atoms with Gasteiger partial charge in [0.25, 0.3) is 5.91 Å². The van der Waals surface area contributed by atoms with Crippen LogP contribution in [0, 0.1) is 6.92 Å². The number of alkyl halides is 3. The first kappa shape index (κ1) is 19.8. The number of carbonyl (C=O) groups excluding carboxylic acids is 1. The third-order valence-electron chi connectivity index (χ3n) is 4.95. The number of phenolic OH excluding ortho intramolecular Hbond substituents is 1. The SMILES string of the molecule is Cc1cc(O)cc(COc2cccc3c2CN(c2ccc(C(F)(F)F)cc2)C3=O)c1. The molecule has 1 N–H and O–H groups in total. The Kier molecular flexibility index (Phi) is 4.89. The van der Waals surface area contributed by atoms with Crippen LogP contribution in [0.5, 0.6) is 11.5 Å². The summed E-state index contributed by atoms with van der Waals surface area (Å²) in [5.41, 5.74) is 2.45. The van der Waals surface area contributed by atoms with Crippen LogP contribution < -0.4 is 9.64 Å². The smallest absolute Gasteiger partial charge is 0.416 e. The van der Waals surface area contributed by atoms with E-state index in [1.165, 1.54) is 17.0 Å². The molecule has 1 heterocycles. The van der Waals surface area contributed by atoms with Crippen molar-refractivity contribution in [3.05, 3.63) is 88.5 Å². The first-order valence-corrected chi connectivity index (χ1v) is 9.26. The number of halogens is 3. The maximum Gasteiger partial charge on any atom is 0.416 e. The fraction of sp³-hybridized carbons (Fsp3) is 0.174. The zero-order valence-corrected chi connectivity index (χ0v) is 16.0. The highest BCUT2D eigenvalue weighted by Gasteiger charge is 2.33. The van der Waals surface area contributed by atoms with Gasteiger partial charge in [0, 0.05) is 16.8 Å². The lowest BCUT2D eigenvalue weighted by Crippen LogP contribution is -2.23. The molecule has 1 aliphatic heterocycles. The second-order valence-corrected chi connectivity index (χ2v) is 7.18. The van der Waals surface area contributed by atoms with E-state index in [-0.39, 0.29) is 24.8 Å². The molecule has 7 heteroatoms. The molecule has 30 heavy (non-hydrogen) atoms. The summed E-state index contributed by atoms with van der Waals surface area (Å²) in [6.07, 6.45) is -4.43. The van der Waals surface area contributed by atoms with Crippen molar-refractivity contribution in [1.82, 2.24) is 0 Å². The van der Waals surface area contributed by atoms with E-state index in [2.05, 4.69) is 0 Å². The maximum absolute atomic E-state index is 12.8. The standard InChI is InChI=1S/C23H18F3NO3/c1-14-9-15(11-18(28)10-14)13-30-21-4-2-3-19-20(21)12-27(22(19)29)17-7-5-16(6-8-17)23(24,25)26/h2-11,28H,12-13H2,1H3. The quantitative estimate of drug-likeness (QED) is 0.618. The minimum absolute atomic E-state index is 0.149. The summed E-state index contributed by atoms with van der Waals surface area (Å²) in [5.74, 6) is 0.384. The average Bonchev–Trinajstić information content (AvgIpc) is 3.02. The van der Waals surface area contributed by atoms with Crippen LogP contribution in [0.2, 0.25) is 0 Å². The molecule has 3 aromatic rings. The van der Waals surface area contributed by atoms with Gasteiger partial charge >= 0.3 is 6.18 Å². The van der Waals surface area contributed by atoms with Gasteiger partial charge < -0.3 is 14.7 Å². The fourth-order valence-corrected chi connectivity index (χ4v) is 3.56. The molecule has 4 nitrogen and oxygen atoms in total.